The maximum absolute atomic E-state index is 14.2. The highest BCUT2D eigenvalue weighted by molar-refractivity contribution is 5.72. The van der Waals surface area contributed by atoms with Gasteiger partial charge in [0, 0.05) is 12.0 Å². The molecular weight excluding hydrogens is 319 g/mol. The molecule has 0 atom stereocenters. The van der Waals surface area contributed by atoms with Crippen molar-refractivity contribution in [1.29, 1.82) is 0 Å². The molecule has 3 nitrogen and oxygen atoms in total. The van der Waals surface area contributed by atoms with E-state index in [0.717, 1.165) is 36.0 Å². The van der Waals surface area contributed by atoms with E-state index < -0.39 is 0 Å². The summed E-state index contributed by atoms with van der Waals surface area (Å²) in [5.41, 5.74) is 2.90. The molecule has 0 amide bonds. The lowest BCUT2D eigenvalue weighted by molar-refractivity contribution is -0.134. The monoisotopic (exact) mass is 342 g/mol. The Labute approximate surface area is 147 Å². The van der Waals surface area contributed by atoms with Crippen LogP contribution in [0, 0.1) is 5.82 Å². The first-order valence-corrected chi connectivity index (χ1v) is 8.86. The Hall–Kier alpha value is -2.36. The lowest BCUT2D eigenvalue weighted by Gasteiger charge is -2.16. The molecule has 25 heavy (non-hydrogen) atoms. The van der Waals surface area contributed by atoms with Crippen LogP contribution in [0.3, 0.4) is 0 Å². The molecule has 1 aliphatic rings. The maximum Gasteiger partial charge on any atom is 0.310 e. The number of ether oxygens (including phenoxy) is 2. The summed E-state index contributed by atoms with van der Waals surface area (Å²) >= 11 is 0. The highest BCUT2D eigenvalue weighted by atomic mass is 19.1. The number of carbonyl (C=O) groups is 1. The molecule has 0 N–H and O–H groups in total. The molecule has 2 aromatic carbocycles. The Bertz CT molecular complexity index is 766. The van der Waals surface area contributed by atoms with E-state index in [2.05, 4.69) is 0 Å². The minimum Gasteiger partial charge on any atom is -0.486 e. The minimum atomic E-state index is -0.365. The van der Waals surface area contributed by atoms with Gasteiger partial charge in [0.25, 0.3) is 0 Å². The van der Waals surface area contributed by atoms with Crippen molar-refractivity contribution in [3.63, 3.8) is 0 Å². The van der Waals surface area contributed by atoms with Crippen LogP contribution in [0.5, 0.6) is 11.5 Å². The van der Waals surface area contributed by atoms with Crippen LogP contribution >= 0.6 is 0 Å². The van der Waals surface area contributed by atoms with Gasteiger partial charge in [0.2, 0.25) is 0 Å². The van der Waals surface area contributed by atoms with Gasteiger partial charge in [-0.25, -0.2) is 4.39 Å². The van der Waals surface area contributed by atoms with Crippen molar-refractivity contribution < 1.29 is 18.7 Å². The molecule has 0 spiro atoms. The van der Waals surface area contributed by atoms with E-state index in [-0.39, 0.29) is 24.1 Å². The summed E-state index contributed by atoms with van der Waals surface area (Å²) in [6.45, 7) is 3.92. The number of halogens is 1. The Balaban J connectivity index is 1.84. The third-order valence-electron chi connectivity index (χ3n) is 4.48. The Morgan fingerprint density at radius 1 is 1.16 bits per heavy atom. The van der Waals surface area contributed by atoms with E-state index >= 15 is 0 Å². The van der Waals surface area contributed by atoms with Gasteiger partial charge >= 0.3 is 5.97 Å². The van der Waals surface area contributed by atoms with Crippen molar-refractivity contribution in [2.24, 2.45) is 0 Å². The van der Waals surface area contributed by atoms with E-state index in [1.165, 1.54) is 6.07 Å². The molecule has 0 aromatic heterocycles. The van der Waals surface area contributed by atoms with Gasteiger partial charge in [0.05, 0.1) is 0 Å². The number of aryl methyl sites for hydroxylation is 1. The third-order valence-corrected chi connectivity index (χ3v) is 4.48. The number of hydrogen-bond donors (Lipinski definition) is 0. The van der Waals surface area contributed by atoms with Gasteiger partial charge in [-0.3, -0.25) is 4.79 Å². The highest BCUT2D eigenvalue weighted by Crippen LogP contribution is 2.44. The van der Waals surface area contributed by atoms with E-state index in [1.807, 2.05) is 25.1 Å². The minimum absolute atomic E-state index is 0.182. The van der Waals surface area contributed by atoms with E-state index in [9.17, 15) is 9.18 Å². The van der Waals surface area contributed by atoms with Crippen LogP contribution in [0.1, 0.15) is 55.7 Å². The predicted octanol–water partition coefficient (Wildman–Crippen LogP) is 5.16. The molecule has 3 rings (SSSR count). The summed E-state index contributed by atoms with van der Waals surface area (Å²) in [7, 11) is 0. The van der Waals surface area contributed by atoms with Gasteiger partial charge in [-0.15, -0.1) is 0 Å². The molecule has 0 radical (unpaired) electrons. The van der Waals surface area contributed by atoms with Gasteiger partial charge in [-0.05, 0) is 54.5 Å². The lowest BCUT2D eigenvalue weighted by atomic mass is 10.0. The summed E-state index contributed by atoms with van der Waals surface area (Å²) in [4.78, 5) is 11.7. The van der Waals surface area contributed by atoms with Crippen LogP contribution < -0.4 is 9.47 Å². The topological polar surface area (TPSA) is 35.5 Å². The van der Waals surface area contributed by atoms with Crippen molar-refractivity contribution in [2.45, 2.75) is 52.1 Å². The largest absolute Gasteiger partial charge is 0.486 e. The molecule has 1 saturated carbocycles. The molecule has 0 bridgehead atoms. The standard InChI is InChI=1S/C21H23FO3/c1-3-14-8-11-20(18(22)12-14)24-13-17-16(15-9-10-15)6-5-7-19(17)25-21(23)4-2/h5-8,11-12,15H,3-4,9-10,13H2,1-2H3. The third kappa shape index (κ3) is 4.19. The molecular formula is C21H23FO3. The van der Waals surface area contributed by atoms with Crippen LogP contribution in [0.15, 0.2) is 36.4 Å². The number of esters is 1. The first-order chi connectivity index (χ1) is 12.1. The fourth-order valence-electron chi connectivity index (χ4n) is 2.84. The van der Waals surface area contributed by atoms with Crippen molar-refractivity contribution in [3.8, 4) is 11.5 Å². The Morgan fingerprint density at radius 3 is 2.60 bits per heavy atom. The van der Waals surface area contributed by atoms with Crippen LogP contribution in [-0.4, -0.2) is 5.97 Å². The quantitative estimate of drug-likeness (QED) is 0.515. The number of benzene rings is 2. The second-order valence-electron chi connectivity index (χ2n) is 6.33. The normalized spacial score (nSPS) is 13.6. The average molecular weight is 342 g/mol. The molecule has 0 unspecified atom stereocenters. The van der Waals surface area contributed by atoms with E-state index in [4.69, 9.17) is 9.47 Å². The van der Waals surface area contributed by atoms with Crippen molar-refractivity contribution in [3.05, 3.63) is 58.9 Å². The summed E-state index contributed by atoms with van der Waals surface area (Å²) in [5.74, 6) is 0.562. The van der Waals surface area contributed by atoms with Crippen molar-refractivity contribution in [1.82, 2.24) is 0 Å². The Kier molecular flexibility index (Phi) is 5.37. The zero-order valence-corrected chi connectivity index (χ0v) is 14.7. The van der Waals surface area contributed by atoms with Gasteiger partial charge < -0.3 is 9.47 Å². The molecule has 0 aliphatic heterocycles. The summed E-state index contributed by atoms with van der Waals surface area (Å²) in [6.07, 6.45) is 3.33. The van der Waals surface area contributed by atoms with E-state index in [1.54, 1.807) is 19.1 Å². The zero-order valence-electron chi connectivity index (χ0n) is 14.7. The van der Waals surface area contributed by atoms with Crippen LogP contribution in [0.4, 0.5) is 4.39 Å². The van der Waals surface area contributed by atoms with Crippen LogP contribution in [-0.2, 0) is 17.8 Å². The number of rotatable bonds is 7. The van der Waals surface area contributed by atoms with Crippen LogP contribution in [0.2, 0.25) is 0 Å². The van der Waals surface area contributed by atoms with E-state index in [0.29, 0.717) is 18.1 Å². The molecule has 0 heterocycles. The first-order valence-electron chi connectivity index (χ1n) is 8.86. The van der Waals surface area contributed by atoms with Gasteiger partial charge in [-0.1, -0.05) is 32.0 Å². The molecule has 1 fully saturated rings. The second-order valence-corrected chi connectivity index (χ2v) is 6.33. The Morgan fingerprint density at radius 2 is 1.96 bits per heavy atom. The summed E-state index contributed by atoms with van der Waals surface area (Å²) in [5, 5.41) is 0. The van der Waals surface area contributed by atoms with Crippen LogP contribution in [0.25, 0.3) is 0 Å². The van der Waals surface area contributed by atoms with Crippen molar-refractivity contribution in [2.75, 3.05) is 0 Å². The number of carbonyl (C=O) groups excluding carboxylic acids is 1. The molecule has 2 aromatic rings. The van der Waals surface area contributed by atoms with Gasteiger partial charge in [-0.2, -0.15) is 0 Å². The lowest BCUT2D eigenvalue weighted by Crippen LogP contribution is -2.10. The zero-order chi connectivity index (χ0) is 17.8. The van der Waals surface area contributed by atoms with Crippen molar-refractivity contribution >= 4 is 5.97 Å². The van der Waals surface area contributed by atoms with Gasteiger partial charge in [0.1, 0.15) is 12.4 Å². The fraction of sp³-hybridized carbons (Fsp3) is 0.381. The maximum atomic E-state index is 14.2. The molecule has 4 heteroatoms. The predicted molar refractivity (Wildman–Crippen MR) is 94.5 cm³/mol. The van der Waals surface area contributed by atoms with Gasteiger partial charge in [0.15, 0.2) is 11.6 Å². The molecule has 1 aliphatic carbocycles. The average Bonchev–Trinajstić information content (AvgIpc) is 3.46. The summed E-state index contributed by atoms with van der Waals surface area (Å²) in [6, 6.07) is 10.7. The summed E-state index contributed by atoms with van der Waals surface area (Å²) < 4.78 is 25.4. The first kappa shape index (κ1) is 17.5. The molecule has 132 valence electrons. The fourth-order valence-corrected chi connectivity index (χ4v) is 2.84. The smallest absolute Gasteiger partial charge is 0.310 e. The SMILES string of the molecule is CCC(=O)Oc1cccc(C2CC2)c1COc1ccc(CC)cc1F. The molecule has 0 saturated heterocycles. The second kappa shape index (κ2) is 7.68. The highest BCUT2D eigenvalue weighted by Gasteiger charge is 2.28. The number of hydrogen-bond acceptors (Lipinski definition) is 3.